The van der Waals surface area contributed by atoms with Gasteiger partial charge in [0.25, 0.3) is 5.89 Å². The lowest BCUT2D eigenvalue weighted by atomic mass is 9.98. The Morgan fingerprint density at radius 2 is 2.16 bits per heavy atom. The summed E-state index contributed by atoms with van der Waals surface area (Å²) in [6.07, 6.45) is 2.39. The Labute approximate surface area is 186 Å². The van der Waals surface area contributed by atoms with Crippen molar-refractivity contribution in [3.63, 3.8) is 0 Å². The lowest BCUT2D eigenvalue weighted by molar-refractivity contribution is -0.0234. The molecule has 1 amide bonds. The second kappa shape index (κ2) is 9.40. The van der Waals surface area contributed by atoms with Crippen LogP contribution in [0.5, 0.6) is 0 Å². The van der Waals surface area contributed by atoms with Crippen molar-refractivity contribution in [2.24, 2.45) is 0 Å². The topological polar surface area (TPSA) is 77.7 Å². The van der Waals surface area contributed by atoms with E-state index in [2.05, 4.69) is 16.7 Å². The third kappa shape index (κ3) is 5.86. The van der Waals surface area contributed by atoms with Crippen LogP contribution >= 0.6 is 11.8 Å². The highest BCUT2D eigenvalue weighted by Crippen LogP contribution is 2.30. The van der Waals surface area contributed by atoms with Gasteiger partial charge in [0.05, 0.1) is 6.10 Å². The van der Waals surface area contributed by atoms with Gasteiger partial charge >= 0.3 is 6.09 Å². The number of aromatic nitrogens is 2. The molecule has 0 saturated carbocycles. The van der Waals surface area contributed by atoms with Crippen LogP contribution in [0.2, 0.25) is 0 Å². The van der Waals surface area contributed by atoms with Crippen LogP contribution in [0.3, 0.4) is 0 Å². The number of carbonyl (C=O) groups excluding carboxylic acids is 1. The van der Waals surface area contributed by atoms with Gasteiger partial charge in [-0.05, 0) is 58.6 Å². The smallest absolute Gasteiger partial charge is 0.414 e. The molecule has 2 heterocycles. The van der Waals surface area contributed by atoms with Gasteiger partial charge in [-0.2, -0.15) is 4.98 Å². The van der Waals surface area contributed by atoms with Crippen LogP contribution < -0.4 is 0 Å². The molecule has 1 fully saturated rings. The summed E-state index contributed by atoms with van der Waals surface area (Å²) in [7, 11) is 0. The number of piperidine rings is 1. The van der Waals surface area contributed by atoms with Crippen molar-refractivity contribution in [3.8, 4) is 11.4 Å². The molecule has 1 saturated heterocycles. The predicted octanol–water partition coefficient (Wildman–Crippen LogP) is 5.42. The van der Waals surface area contributed by atoms with Crippen LogP contribution in [0, 0.1) is 5.82 Å². The Hall–Kier alpha value is -2.39. The molecule has 2 aromatic rings. The first kappa shape index (κ1) is 23.3. The van der Waals surface area contributed by atoms with E-state index in [4.69, 9.17) is 14.0 Å². The lowest BCUT2D eigenvalue weighted by Gasteiger charge is -2.39. The largest absolute Gasteiger partial charge is 0.443 e. The first-order chi connectivity index (χ1) is 14.6. The van der Waals surface area contributed by atoms with Gasteiger partial charge in [0.15, 0.2) is 0 Å². The van der Waals surface area contributed by atoms with Gasteiger partial charge in [0.1, 0.15) is 18.0 Å². The van der Waals surface area contributed by atoms with E-state index in [0.717, 1.165) is 0 Å². The fourth-order valence-electron chi connectivity index (χ4n) is 3.41. The van der Waals surface area contributed by atoms with Crippen LogP contribution in [-0.4, -0.2) is 45.1 Å². The molecule has 3 rings (SSSR count). The number of ether oxygens (including phenoxy) is 2. The average molecular weight is 450 g/mol. The number of amides is 1. The molecule has 2 atom stereocenters. The molecule has 0 radical (unpaired) electrons. The maximum absolute atomic E-state index is 14.0. The first-order valence-electron chi connectivity index (χ1n) is 10.1. The molecule has 0 bridgehead atoms. The van der Waals surface area contributed by atoms with Gasteiger partial charge in [0, 0.05) is 28.6 Å². The van der Waals surface area contributed by atoms with Crippen molar-refractivity contribution in [3.05, 3.63) is 42.2 Å². The summed E-state index contributed by atoms with van der Waals surface area (Å²) < 4.78 is 30.7. The van der Waals surface area contributed by atoms with E-state index >= 15 is 0 Å². The molecule has 0 spiro atoms. The van der Waals surface area contributed by atoms with Crippen LogP contribution in [0.15, 0.2) is 39.9 Å². The van der Waals surface area contributed by atoms with E-state index < -0.39 is 11.7 Å². The van der Waals surface area contributed by atoms with E-state index in [9.17, 15) is 9.18 Å². The number of benzene rings is 1. The van der Waals surface area contributed by atoms with Crippen molar-refractivity contribution in [2.45, 2.75) is 69.8 Å². The molecule has 1 aliphatic heterocycles. The molecular weight excluding hydrogens is 421 g/mol. The summed E-state index contributed by atoms with van der Waals surface area (Å²) in [5, 5.41) is 3.92. The monoisotopic (exact) mass is 449 g/mol. The number of nitrogens with zero attached hydrogens (tertiary/aromatic N) is 3. The summed E-state index contributed by atoms with van der Waals surface area (Å²) in [5.74, 6) is 0.289. The highest BCUT2D eigenvalue weighted by molar-refractivity contribution is 7.98. The summed E-state index contributed by atoms with van der Waals surface area (Å²) in [5.41, 5.74) is 0.616. The third-order valence-electron chi connectivity index (χ3n) is 4.76. The van der Waals surface area contributed by atoms with Gasteiger partial charge in [-0.25, -0.2) is 9.18 Å². The van der Waals surface area contributed by atoms with Crippen LogP contribution in [0.25, 0.3) is 11.4 Å². The molecule has 9 heteroatoms. The number of carbonyl (C=O) groups is 1. The molecular formula is C22H28FN3O4S. The fraction of sp³-hybridized carbons (Fsp3) is 0.500. The Kier molecular flexibility index (Phi) is 7.06. The highest BCUT2D eigenvalue weighted by atomic mass is 32.2. The molecule has 0 aliphatic carbocycles. The van der Waals surface area contributed by atoms with Crippen LogP contribution in [0.1, 0.15) is 46.4 Å². The van der Waals surface area contributed by atoms with Gasteiger partial charge in [-0.3, -0.25) is 4.90 Å². The summed E-state index contributed by atoms with van der Waals surface area (Å²) in [4.78, 5) is 18.9. The normalized spacial score (nSPS) is 19.5. The SMILES string of the molecule is C=C1CC(OCc2nc(-c3ccc(SC)c(F)c3)no2)CC(C)N1C(=O)OC(C)(C)C. The lowest BCUT2D eigenvalue weighted by Crippen LogP contribution is -2.46. The van der Waals surface area contributed by atoms with Crippen molar-refractivity contribution in [1.29, 1.82) is 0 Å². The van der Waals surface area contributed by atoms with Crippen molar-refractivity contribution in [1.82, 2.24) is 15.0 Å². The maximum atomic E-state index is 14.0. The molecule has 168 valence electrons. The third-order valence-corrected chi connectivity index (χ3v) is 5.53. The molecule has 0 N–H and O–H groups in total. The number of thioether (sulfide) groups is 1. The second-order valence-corrected chi connectivity index (χ2v) is 9.35. The zero-order valence-electron chi connectivity index (χ0n) is 18.5. The Morgan fingerprint density at radius 1 is 1.42 bits per heavy atom. The quantitative estimate of drug-likeness (QED) is 0.564. The van der Waals surface area contributed by atoms with E-state index in [0.29, 0.717) is 40.7 Å². The molecule has 1 aliphatic rings. The number of rotatable bonds is 5. The van der Waals surface area contributed by atoms with Crippen molar-refractivity contribution in [2.75, 3.05) is 6.26 Å². The van der Waals surface area contributed by atoms with Crippen LogP contribution in [0.4, 0.5) is 9.18 Å². The number of likely N-dealkylation sites (tertiary alicyclic amines) is 1. The fourth-order valence-corrected chi connectivity index (χ4v) is 3.87. The highest BCUT2D eigenvalue weighted by Gasteiger charge is 2.35. The van der Waals surface area contributed by atoms with E-state index in [1.165, 1.54) is 17.8 Å². The van der Waals surface area contributed by atoms with Crippen molar-refractivity contribution >= 4 is 17.9 Å². The summed E-state index contributed by atoms with van der Waals surface area (Å²) in [6, 6.07) is 4.71. The Balaban J connectivity index is 1.58. The van der Waals surface area contributed by atoms with Gasteiger partial charge in [0.2, 0.25) is 5.82 Å². The minimum absolute atomic E-state index is 0.114. The number of hydrogen-bond donors (Lipinski definition) is 0. The standard InChI is InChI=1S/C22H28FN3O4S/c1-13-9-16(10-14(2)26(13)21(27)29-22(3,4)5)28-12-19-24-20(25-30-19)15-7-8-18(31-6)17(23)11-15/h7-8,11,14,16H,1,9-10,12H2,2-6H3. The number of halogens is 1. The minimum Gasteiger partial charge on any atom is -0.443 e. The van der Waals surface area contributed by atoms with E-state index in [1.54, 1.807) is 17.0 Å². The molecule has 31 heavy (non-hydrogen) atoms. The maximum Gasteiger partial charge on any atom is 0.414 e. The Morgan fingerprint density at radius 3 is 2.77 bits per heavy atom. The zero-order valence-corrected chi connectivity index (χ0v) is 19.3. The first-order valence-corrected chi connectivity index (χ1v) is 11.3. The molecule has 1 aromatic carbocycles. The predicted molar refractivity (Wildman–Crippen MR) is 116 cm³/mol. The van der Waals surface area contributed by atoms with Crippen LogP contribution in [-0.2, 0) is 16.1 Å². The molecule has 1 aromatic heterocycles. The summed E-state index contributed by atoms with van der Waals surface area (Å²) >= 11 is 1.33. The average Bonchev–Trinajstić information content (AvgIpc) is 3.13. The zero-order chi connectivity index (χ0) is 22.8. The molecule has 2 unspecified atom stereocenters. The van der Waals surface area contributed by atoms with Gasteiger partial charge < -0.3 is 14.0 Å². The molecule has 7 nitrogen and oxygen atoms in total. The summed E-state index contributed by atoms with van der Waals surface area (Å²) in [6.45, 7) is 11.6. The van der Waals surface area contributed by atoms with Crippen molar-refractivity contribution < 1.29 is 23.2 Å². The van der Waals surface area contributed by atoms with Gasteiger partial charge in [-0.1, -0.05) is 11.7 Å². The van der Waals surface area contributed by atoms with E-state index in [1.807, 2.05) is 34.0 Å². The Bertz CT molecular complexity index is 956. The van der Waals surface area contributed by atoms with E-state index in [-0.39, 0.29) is 24.6 Å². The van der Waals surface area contributed by atoms with Gasteiger partial charge in [-0.15, -0.1) is 11.8 Å². The minimum atomic E-state index is -0.571. The second-order valence-electron chi connectivity index (χ2n) is 8.50. The number of hydrogen-bond acceptors (Lipinski definition) is 7.